The molecule has 0 bridgehead atoms. The molecule has 0 aliphatic heterocycles. The van der Waals surface area contributed by atoms with Crippen LogP contribution in [-0.2, 0) is 21.0 Å². The highest BCUT2D eigenvalue weighted by atomic mass is 32.2. The van der Waals surface area contributed by atoms with E-state index in [4.69, 9.17) is 9.32 Å². The third-order valence-corrected chi connectivity index (χ3v) is 6.12. The third kappa shape index (κ3) is 5.82. The van der Waals surface area contributed by atoms with Crippen LogP contribution < -0.4 is 10.5 Å². The van der Waals surface area contributed by atoms with E-state index in [2.05, 4.69) is 26.5 Å². The van der Waals surface area contributed by atoms with Crippen molar-refractivity contribution in [1.82, 2.24) is 19.7 Å². The molecule has 3 aromatic rings. The number of nitrogens with two attached hydrogens (primary N) is 1. The van der Waals surface area contributed by atoms with Crippen LogP contribution in [0.3, 0.4) is 0 Å². The molecule has 176 valence electrons. The minimum absolute atomic E-state index is 0.00410. The Hall–Kier alpha value is -3.66. The molecule has 12 heteroatoms. The summed E-state index contributed by atoms with van der Waals surface area (Å²) in [4.78, 5) is 21.4. The van der Waals surface area contributed by atoms with E-state index in [9.17, 15) is 18.5 Å². The van der Waals surface area contributed by atoms with Crippen LogP contribution in [0.2, 0.25) is 0 Å². The number of hydrogen-bond acceptors (Lipinski definition) is 9. The van der Waals surface area contributed by atoms with Gasteiger partial charge in [0.2, 0.25) is 5.78 Å². The maximum atomic E-state index is 13.2. The van der Waals surface area contributed by atoms with Crippen LogP contribution in [0.4, 0.5) is 5.82 Å². The Morgan fingerprint density at radius 3 is 2.91 bits per heavy atom. The standard InChI is InChI=1S/C22H23N7O4S/c23-10-16-3-1-2-4-17(16)12-29-8-7-20(28-29)21(30)19-11-25-14-26-22(19)27-18-6-5-15(9-18)13-33-34(24,31)32/h1-4,7-8,11,14-15,18H,5-6,9,12-13H2,(H2,24,31,32)(H,25,26,27)/t15-,18+/m1/s1. The Balaban J connectivity index is 1.44. The van der Waals surface area contributed by atoms with Crippen molar-refractivity contribution >= 4 is 21.9 Å². The number of rotatable bonds is 9. The van der Waals surface area contributed by atoms with Crippen molar-refractivity contribution < 1.29 is 17.4 Å². The van der Waals surface area contributed by atoms with Gasteiger partial charge < -0.3 is 5.32 Å². The molecule has 1 saturated carbocycles. The number of nitriles is 1. The van der Waals surface area contributed by atoms with Crippen molar-refractivity contribution in [2.45, 2.75) is 31.8 Å². The number of aromatic nitrogens is 4. The van der Waals surface area contributed by atoms with E-state index in [0.717, 1.165) is 18.4 Å². The smallest absolute Gasteiger partial charge is 0.333 e. The van der Waals surface area contributed by atoms with Gasteiger partial charge >= 0.3 is 10.3 Å². The molecule has 2 heterocycles. The van der Waals surface area contributed by atoms with E-state index in [-0.39, 0.29) is 35.6 Å². The monoisotopic (exact) mass is 481 g/mol. The number of carbonyl (C=O) groups excluding carboxylic acids is 1. The van der Waals surface area contributed by atoms with Crippen molar-refractivity contribution in [3.8, 4) is 6.07 Å². The second-order valence-electron chi connectivity index (χ2n) is 8.08. The van der Waals surface area contributed by atoms with Gasteiger partial charge in [-0.3, -0.25) is 13.7 Å². The van der Waals surface area contributed by atoms with Crippen LogP contribution in [-0.4, -0.2) is 46.6 Å². The van der Waals surface area contributed by atoms with Gasteiger partial charge in [0.25, 0.3) is 0 Å². The molecule has 1 fully saturated rings. The predicted octanol–water partition coefficient (Wildman–Crippen LogP) is 1.62. The molecular weight excluding hydrogens is 458 g/mol. The molecule has 0 spiro atoms. The highest BCUT2D eigenvalue weighted by molar-refractivity contribution is 7.84. The predicted molar refractivity (Wildman–Crippen MR) is 122 cm³/mol. The minimum atomic E-state index is -3.97. The van der Waals surface area contributed by atoms with Crippen LogP contribution in [0.15, 0.2) is 49.1 Å². The maximum absolute atomic E-state index is 13.2. The lowest BCUT2D eigenvalue weighted by Crippen LogP contribution is -2.22. The topological polar surface area (TPSA) is 166 Å². The largest absolute Gasteiger partial charge is 0.367 e. The summed E-state index contributed by atoms with van der Waals surface area (Å²) in [5, 5.41) is 21.8. The molecular formula is C22H23N7O4S. The Labute approximate surface area is 196 Å². The summed E-state index contributed by atoms with van der Waals surface area (Å²) < 4.78 is 28.3. The van der Waals surface area contributed by atoms with Crippen LogP contribution in [0.1, 0.15) is 46.4 Å². The fourth-order valence-electron chi connectivity index (χ4n) is 4.00. The average molecular weight is 482 g/mol. The van der Waals surface area contributed by atoms with Crippen LogP contribution in [0.25, 0.3) is 0 Å². The Morgan fingerprint density at radius 1 is 1.29 bits per heavy atom. The third-order valence-electron chi connectivity index (χ3n) is 5.65. The fourth-order valence-corrected chi connectivity index (χ4v) is 4.39. The molecule has 34 heavy (non-hydrogen) atoms. The van der Waals surface area contributed by atoms with Crippen LogP contribution in [0.5, 0.6) is 0 Å². The molecule has 11 nitrogen and oxygen atoms in total. The molecule has 1 aromatic carbocycles. The molecule has 0 amide bonds. The second-order valence-corrected chi connectivity index (χ2v) is 9.30. The first-order valence-corrected chi connectivity index (χ1v) is 12.1. The Bertz CT molecular complexity index is 1330. The van der Waals surface area contributed by atoms with Crippen molar-refractivity contribution in [3.05, 3.63) is 71.4 Å². The molecule has 1 aliphatic rings. The molecule has 0 radical (unpaired) electrons. The van der Waals surface area contributed by atoms with Crippen molar-refractivity contribution in [3.63, 3.8) is 0 Å². The van der Waals surface area contributed by atoms with E-state index in [1.807, 2.05) is 12.1 Å². The van der Waals surface area contributed by atoms with E-state index < -0.39 is 10.3 Å². The minimum Gasteiger partial charge on any atom is -0.367 e. The first-order valence-electron chi connectivity index (χ1n) is 10.6. The van der Waals surface area contributed by atoms with Gasteiger partial charge in [0.05, 0.1) is 30.3 Å². The lowest BCUT2D eigenvalue weighted by atomic mass is 10.1. The van der Waals surface area contributed by atoms with Crippen molar-refractivity contribution in [2.24, 2.45) is 11.1 Å². The quantitative estimate of drug-likeness (QED) is 0.432. The van der Waals surface area contributed by atoms with E-state index in [1.54, 1.807) is 29.1 Å². The summed E-state index contributed by atoms with van der Waals surface area (Å²) in [6.07, 6.45) is 6.66. The Morgan fingerprint density at radius 2 is 2.12 bits per heavy atom. The van der Waals surface area contributed by atoms with Gasteiger partial charge in [0, 0.05) is 18.4 Å². The van der Waals surface area contributed by atoms with E-state index in [1.165, 1.54) is 12.5 Å². The zero-order chi connectivity index (χ0) is 24.1. The van der Waals surface area contributed by atoms with Crippen LogP contribution in [0, 0.1) is 17.2 Å². The summed E-state index contributed by atoms with van der Waals surface area (Å²) in [6, 6.07) is 11.0. The summed E-state index contributed by atoms with van der Waals surface area (Å²) in [5.74, 6) is 0.0914. The van der Waals surface area contributed by atoms with Gasteiger partial charge in [-0.25, -0.2) is 15.1 Å². The van der Waals surface area contributed by atoms with Gasteiger partial charge in [-0.05, 0) is 42.9 Å². The molecule has 2 aromatic heterocycles. The summed E-state index contributed by atoms with van der Waals surface area (Å²) >= 11 is 0. The van der Waals surface area contributed by atoms with Gasteiger partial charge in [-0.15, -0.1) is 0 Å². The number of ketones is 1. The first kappa shape index (κ1) is 23.5. The normalized spacial score (nSPS) is 17.9. The molecule has 0 saturated heterocycles. The average Bonchev–Trinajstić information content (AvgIpc) is 3.47. The number of benzene rings is 1. The second kappa shape index (κ2) is 10.1. The molecule has 3 N–H and O–H groups in total. The molecule has 2 atom stereocenters. The lowest BCUT2D eigenvalue weighted by Gasteiger charge is -2.15. The summed E-state index contributed by atoms with van der Waals surface area (Å²) in [7, 11) is -3.97. The summed E-state index contributed by atoms with van der Waals surface area (Å²) in [6.45, 7) is 0.385. The number of hydrogen-bond donors (Lipinski definition) is 2. The fraction of sp³-hybridized carbons (Fsp3) is 0.318. The van der Waals surface area contributed by atoms with Gasteiger partial charge in [-0.2, -0.15) is 18.8 Å². The zero-order valence-corrected chi connectivity index (χ0v) is 19.0. The summed E-state index contributed by atoms with van der Waals surface area (Å²) in [5.41, 5.74) is 1.88. The van der Waals surface area contributed by atoms with E-state index >= 15 is 0 Å². The zero-order valence-electron chi connectivity index (χ0n) is 18.2. The van der Waals surface area contributed by atoms with Crippen molar-refractivity contribution in [1.29, 1.82) is 5.26 Å². The highest BCUT2D eigenvalue weighted by Gasteiger charge is 2.28. The van der Waals surface area contributed by atoms with Gasteiger partial charge in [0.1, 0.15) is 17.8 Å². The van der Waals surface area contributed by atoms with Gasteiger partial charge in [0.15, 0.2) is 0 Å². The number of nitrogens with one attached hydrogen (secondary N) is 1. The molecule has 0 unspecified atom stereocenters. The lowest BCUT2D eigenvalue weighted by molar-refractivity contribution is 0.103. The Kier molecular flexibility index (Phi) is 6.97. The van der Waals surface area contributed by atoms with Gasteiger partial charge in [-0.1, -0.05) is 18.2 Å². The first-order chi connectivity index (χ1) is 16.3. The van der Waals surface area contributed by atoms with Crippen LogP contribution >= 0.6 is 0 Å². The number of nitrogens with zero attached hydrogens (tertiary/aromatic N) is 5. The molecule has 1 aliphatic carbocycles. The SMILES string of the molecule is N#Cc1ccccc1Cn1ccc(C(=O)c2cncnc2N[C@H]2CC[C@@H](COS(N)(=O)=O)C2)n1. The number of anilines is 1. The highest BCUT2D eigenvalue weighted by Crippen LogP contribution is 2.29. The van der Waals surface area contributed by atoms with E-state index in [0.29, 0.717) is 24.3 Å². The maximum Gasteiger partial charge on any atom is 0.333 e. The molecule has 4 rings (SSSR count). The van der Waals surface area contributed by atoms with Crippen molar-refractivity contribution in [2.75, 3.05) is 11.9 Å². The number of carbonyl (C=O) groups is 1.